The van der Waals surface area contributed by atoms with E-state index in [1.165, 1.54) is 6.92 Å². The number of urea groups is 1. The molecule has 6 nitrogen and oxygen atoms in total. The van der Waals surface area contributed by atoms with E-state index in [1.807, 2.05) is 0 Å². The van der Waals surface area contributed by atoms with Crippen LogP contribution in [0.15, 0.2) is 0 Å². The molecule has 0 aliphatic rings. The third-order valence-electron chi connectivity index (χ3n) is 1.97. The second-order valence-corrected chi connectivity index (χ2v) is 3.40. The van der Waals surface area contributed by atoms with Crippen molar-refractivity contribution in [3.05, 3.63) is 0 Å². The number of nitrogens with two attached hydrogens (primary N) is 2. The molecule has 0 saturated heterocycles. The van der Waals surface area contributed by atoms with Crippen LogP contribution in [0.25, 0.3) is 0 Å². The van der Waals surface area contributed by atoms with E-state index in [9.17, 15) is 22.8 Å². The molecule has 17 heavy (non-hydrogen) atoms. The number of primary amides is 1. The minimum absolute atomic E-state index is 0.0374. The molecule has 0 heterocycles. The van der Waals surface area contributed by atoms with Crippen molar-refractivity contribution in [2.75, 3.05) is 19.6 Å². The van der Waals surface area contributed by atoms with Crippen molar-refractivity contribution < 1.29 is 22.8 Å². The van der Waals surface area contributed by atoms with Gasteiger partial charge in [-0.05, 0) is 6.92 Å². The molecule has 0 aliphatic heterocycles. The molecule has 0 aromatic rings. The summed E-state index contributed by atoms with van der Waals surface area (Å²) in [5, 5.41) is 1.72. The maximum absolute atomic E-state index is 12.2. The second-order valence-electron chi connectivity index (χ2n) is 3.40. The highest BCUT2D eigenvalue weighted by Crippen LogP contribution is 2.17. The van der Waals surface area contributed by atoms with E-state index in [2.05, 4.69) is 0 Å². The average molecular weight is 256 g/mol. The normalized spacial score (nSPS) is 13.5. The Bertz CT molecular complexity index is 282. The minimum atomic E-state index is -4.45. The number of amides is 3. The Kier molecular flexibility index (Phi) is 5.89. The molecule has 1 atom stereocenters. The van der Waals surface area contributed by atoms with E-state index in [0.29, 0.717) is 0 Å². The first-order valence-electron chi connectivity index (χ1n) is 4.78. The van der Waals surface area contributed by atoms with Crippen LogP contribution in [0.4, 0.5) is 18.0 Å². The van der Waals surface area contributed by atoms with E-state index < -0.39 is 30.7 Å². The fourth-order valence-electron chi connectivity index (χ4n) is 1.20. The SMILES string of the molecule is CC(C(=O)NC(N)=O)N(CCN)CC(F)(F)F. The Labute approximate surface area is 96.1 Å². The summed E-state index contributed by atoms with van der Waals surface area (Å²) in [5.41, 5.74) is 9.85. The Morgan fingerprint density at radius 1 is 1.41 bits per heavy atom. The van der Waals surface area contributed by atoms with Gasteiger partial charge in [-0.3, -0.25) is 15.0 Å². The minimum Gasteiger partial charge on any atom is -0.351 e. The van der Waals surface area contributed by atoms with Gasteiger partial charge in [0.25, 0.3) is 0 Å². The van der Waals surface area contributed by atoms with Gasteiger partial charge >= 0.3 is 12.2 Å². The van der Waals surface area contributed by atoms with Gasteiger partial charge in [0.1, 0.15) is 0 Å². The molecule has 0 rings (SSSR count). The van der Waals surface area contributed by atoms with Crippen molar-refractivity contribution >= 4 is 11.9 Å². The fraction of sp³-hybridized carbons (Fsp3) is 0.750. The third-order valence-corrected chi connectivity index (χ3v) is 1.97. The van der Waals surface area contributed by atoms with Gasteiger partial charge in [-0.25, -0.2) is 4.79 Å². The summed E-state index contributed by atoms with van der Waals surface area (Å²) < 4.78 is 36.6. The number of hydrogen-bond donors (Lipinski definition) is 3. The monoisotopic (exact) mass is 256 g/mol. The number of imide groups is 1. The van der Waals surface area contributed by atoms with E-state index >= 15 is 0 Å². The summed E-state index contributed by atoms with van der Waals surface area (Å²) in [6.07, 6.45) is -4.45. The lowest BCUT2D eigenvalue weighted by atomic mass is 10.2. The Balaban J connectivity index is 4.58. The number of rotatable bonds is 5. The molecule has 0 aliphatic carbocycles. The third kappa shape index (κ3) is 6.74. The molecule has 0 aromatic heterocycles. The molecule has 9 heteroatoms. The first-order valence-corrected chi connectivity index (χ1v) is 4.78. The summed E-state index contributed by atoms with van der Waals surface area (Å²) in [4.78, 5) is 22.5. The topological polar surface area (TPSA) is 101 Å². The summed E-state index contributed by atoms with van der Waals surface area (Å²) >= 11 is 0. The van der Waals surface area contributed by atoms with Crippen LogP contribution in [0.1, 0.15) is 6.92 Å². The number of nitrogens with one attached hydrogen (secondary N) is 1. The maximum atomic E-state index is 12.2. The van der Waals surface area contributed by atoms with Gasteiger partial charge in [-0.1, -0.05) is 0 Å². The van der Waals surface area contributed by atoms with Crippen molar-refractivity contribution in [2.24, 2.45) is 11.5 Å². The Hall–Kier alpha value is -1.35. The number of hydrogen-bond acceptors (Lipinski definition) is 4. The molecule has 0 aromatic carbocycles. The predicted octanol–water partition coefficient (Wildman–Crippen LogP) is -0.607. The smallest absolute Gasteiger partial charge is 0.351 e. The lowest BCUT2D eigenvalue weighted by Gasteiger charge is -2.28. The number of halogens is 3. The Morgan fingerprint density at radius 2 is 1.94 bits per heavy atom. The lowest BCUT2D eigenvalue weighted by Crippen LogP contribution is -2.52. The first-order chi connectivity index (χ1) is 7.67. The standard InChI is InChI=1S/C8H15F3N4O2/c1-5(6(16)14-7(13)17)15(3-2-12)4-8(9,10)11/h5H,2-4,12H2,1H3,(H3,13,14,16,17). The zero-order chi connectivity index (χ0) is 13.6. The largest absolute Gasteiger partial charge is 0.401 e. The highest BCUT2D eigenvalue weighted by Gasteiger charge is 2.34. The van der Waals surface area contributed by atoms with Gasteiger partial charge in [-0.15, -0.1) is 0 Å². The molecule has 5 N–H and O–H groups in total. The van der Waals surface area contributed by atoms with E-state index in [0.717, 1.165) is 4.90 Å². The molecule has 0 saturated carbocycles. The van der Waals surface area contributed by atoms with Crippen LogP contribution < -0.4 is 16.8 Å². The average Bonchev–Trinajstić information content (AvgIpc) is 2.12. The van der Waals surface area contributed by atoms with Gasteiger partial charge in [0.15, 0.2) is 0 Å². The fourth-order valence-corrected chi connectivity index (χ4v) is 1.20. The van der Waals surface area contributed by atoms with Crippen LogP contribution in [0.2, 0.25) is 0 Å². The van der Waals surface area contributed by atoms with Gasteiger partial charge in [-0.2, -0.15) is 13.2 Å². The van der Waals surface area contributed by atoms with Crippen LogP contribution in [-0.4, -0.2) is 48.7 Å². The van der Waals surface area contributed by atoms with E-state index in [-0.39, 0.29) is 13.1 Å². The van der Waals surface area contributed by atoms with Crippen molar-refractivity contribution in [2.45, 2.75) is 19.1 Å². The van der Waals surface area contributed by atoms with Crippen LogP contribution in [0.5, 0.6) is 0 Å². The molecule has 0 bridgehead atoms. The quantitative estimate of drug-likeness (QED) is 0.611. The summed E-state index contributed by atoms with van der Waals surface area (Å²) in [6.45, 7) is -0.200. The summed E-state index contributed by atoms with van der Waals surface area (Å²) in [7, 11) is 0. The molecular weight excluding hydrogens is 241 g/mol. The number of alkyl halides is 3. The van der Waals surface area contributed by atoms with Crippen molar-refractivity contribution in [3.63, 3.8) is 0 Å². The Morgan fingerprint density at radius 3 is 2.29 bits per heavy atom. The van der Waals surface area contributed by atoms with E-state index in [1.54, 1.807) is 5.32 Å². The van der Waals surface area contributed by atoms with Crippen LogP contribution in [0.3, 0.4) is 0 Å². The first kappa shape index (κ1) is 15.7. The van der Waals surface area contributed by atoms with Crippen LogP contribution in [0, 0.1) is 0 Å². The van der Waals surface area contributed by atoms with Crippen LogP contribution in [-0.2, 0) is 4.79 Å². The highest BCUT2D eigenvalue weighted by atomic mass is 19.4. The second kappa shape index (κ2) is 6.40. The molecule has 0 radical (unpaired) electrons. The maximum Gasteiger partial charge on any atom is 0.401 e. The van der Waals surface area contributed by atoms with Gasteiger partial charge in [0, 0.05) is 13.1 Å². The summed E-state index contributed by atoms with van der Waals surface area (Å²) in [6, 6.07) is -2.26. The molecule has 1 unspecified atom stereocenters. The number of carbonyl (C=O) groups is 2. The molecule has 3 amide bonds. The highest BCUT2D eigenvalue weighted by molar-refractivity contribution is 5.96. The zero-order valence-corrected chi connectivity index (χ0v) is 9.25. The molecule has 0 fully saturated rings. The van der Waals surface area contributed by atoms with E-state index in [4.69, 9.17) is 11.5 Å². The summed E-state index contributed by atoms with van der Waals surface area (Å²) in [5.74, 6) is -0.893. The van der Waals surface area contributed by atoms with Gasteiger partial charge in [0.05, 0.1) is 12.6 Å². The van der Waals surface area contributed by atoms with Crippen molar-refractivity contribution in [1.29, 1.82) is 0 Å². The number of nitrogens with zero attached hydrogens (tertiary/aromatic N) is 1. The lowest BCUT2D eigenvalue weighted by molar-refractivity contribution is -0.153. The van der Waals surface area contributed by atoms with Gasteiger partial charge < -0.3 is 11.5 Å². The van der Waals surface area contributed by atoms with Crippen molar-refractivity contribution in [3.8, 4) is 0 Å². The predicted molar refractivity (Wildman–Crippen MR) is 53.9 cm³/mol. The molecular formula is C8H15F3N4O2. The van der Waals surface area contributed by atoms with Crippen LogP contribution >= 0.6 is 0 Å². The van der Waals surface area contributed by atoms with Crippen molar-refractivity contribution in [1.82, 2.24) is 10.2 Å². The zero-order valence-electron chi connectivity index (χ0n) is 9.25. The number of carbonyl (C=O) groups excluding carboxylic acids is 2. The van der Waals surface area contributed by atoms with Gasteiger partial charge in [0.2, 0.25) is 5.91 Å². The molecule has 0 spiro atoms. The molecule has 100 valence electrons.